The number of nitrogens with zero attached hydrogens (tertiary/aromatic N) is 2. The third kappa shape index (κ3) is 3.93. The van der Waals surface area contributed by atoms with Crippen molar-refractivity contribution < 1.29 is 0 Å². The highest BCUT2D eigenvalue weighted by atomic mass is 79.9. The lowest BCUT2D eigenvalue weighted by atomic mass is 10.1. The smallest absolute Gasteiger partial charge is 0.145 e. The Morgan fingerprint density at radius 2 is 1.90 bits per heavy atom. The van der Waals surface area contributed by atoms with E-state index in [0.717, 1.165) is 35.6 Å². The number of anilines is 2. The van der Waals surface area contributed by atoms with Gasteiger partial charge in [0.1, 0.15) is 22.4 Å². The van der Waals surface area contributed by atoms with Crippen LogP contribution in [0.4, 0.5) is 11.6 Å². The van der Waals surface area contributed by atoms with Crippen molar-refractivity contribution >= 4 is 27.6 Å². The summed E-state index contributed by atoms with van der Waals surface area (Å²) in [4.78, 5) is 8.46. The summed E-state index contributed by atoms with van der Waals surface area (Å²) >= 11 is 3.53. The average molecular weight is 335 g/mol. The number of aromatic nitrogens is 2. The molecule has 106 valence electrons. The van der Waals surface area contributed by atoms with E-state index in [0.29, 0.717) is 0 Å². The quantitative estimate of drug-likeness (QED) is 0.846. The van der Waals surface area contributed by atoms with Crippen molar-refractivity contribution in [3.05, 3.63) is 46.2 Å². The molecule has 0 saturated carbocycles. The van der Waals surface area contributed by atoms with Crippen molar-refractivity contribution in [2.45, 2.75) is 20.3 Å². The zero-order valence-electron chi connectivity index (χ0n) is 11.8. The van der Waals surface area contributed by atoms with Crippen LogP contribution in [0.3, 0.4) is 0 Å². The minimum atomic E-state index is 0.820. The summed E-state index contributed by atoms with van der Waals surface area (Å²) in [5.74, 6) is 1.64. The van der Waals surface area contributed by atoms with Gasteiger partial charge in [0, 0.05) is 13.1 Å². The molecule has 2 N–H and O–H groups in total. The summed E-state index contributed by atoms with van der Waals surface area (Å²) in [5, 5.41) is 6.54. The van der Waals surface area contributed by atoms with Gasteiger partial charge in [-0.3, -0.25) is 0 Å². The van der Waals surface area contributed by atoms with Crippen LogP contribution >= 0.6 is 15.9 Å². The molecule has 0 unspecified atom stereocenters. The Bertz CT molecular complexity index is 572. The summed E-state index contributed by atoms with van der Waals surface area (Å²) in [5.41, 5.74) is 2.62. The second-order valence-corrected chi connectivity index (χ2v) is 5.37. The van der Waals surface area contributed by atoms with E-state index in [4.69, 9.17) is 0 Å². The van der Waals surface area contributed by atoms with Gasteiger partial charge in [-0.2, -0.15) is 0 Å². The van der Waals surface area contributed by atoms with E-state index >= 15 is 0 Å². The fourth-order valence-electron chi connectivity index (χ4n) is 1.98. The van der Waals surface area contributed by atoms with Gasteiger partial charge in [0.15, 0.2) is 0 Å². The van der Waals surface area contributed by atoms with Gasteiger partial charge in [-0.05, 0) is 41.8 Å². The maximum Gasteiger partial charge on any atom is 0.145 e. The van der Waals surface area contributed by atoms with Gasteiger partial charge in [0.25, 0.3) is 0 Å². The average Bonchev–Trinajstić information content (AvgIpc) is 2.43. The fourth-order valence-corrected chi connectivity index (χ4v) is 2.46. The summed E-state index contributed by atoms with van der Waals surface area (Å²) < 4.78 is 0.881. The van der Waals surface area contributed by atoms with Crippen LogP contribution < -0.4 is 10.6 Å². The molecule has 0 aliphatic rings. The molecule has 0 atom stereocenters. The van der Waals surface area contributed by atoms with Crippen LogP contribution in [0, 0.1) is 6.92 Å². The molecule has 20 heavy (non-hydrogen) atoms. The molecule has 5 heteroatoms. The molecule has 0 fully saturated rings. The van der Waals surface area contributed by atoms with Crippen LogP contribution in [-0.2, 0) is 6.42 Å². The third-order valence-electron chi connectivity index (χ3n) is 2.92. The van der Waals surface area contributed by atoms with Crippen molar-refractivity contribution in [3.63, 3.8) is 0 Å². The maximum absolute atomic E-state index is 4.26. The molecule has 2 rings (SSSR count). The summed E-state index contributed by atoms with van der Waals surface area (Å²) in [6.45, 7) is 5.82. The first-order valence-electron chi connectivity index (χ1n) is 6.74. The van der Waals surface area contributed by atoms with E-state index in [2.05, 4.69) is 67.7 Å². The van der Waals surface area contributed by atoms with Crippen molar-refractivity contribution in [3.8, 4) is 0 Å². The predicted octanol–water partition coefficient (Wildman–Crippen LogP) is 3.63. The normalized spacial score (nSPS) is 10.3. The molecule has 1 aromatic heterocycles. The minimum Gasteiger partial charge on any atom is -0.369 e. The van der Waals surface area contributed by atoms with E-state index in [1.165, 1.54) is 11.1 Å². The molecule has 0 amide bonds. The van der Waals surface area contributed by atoms with E-state index in [1.807, 2.05) is 6.92 Å². The molecule has 0 aliphatic carbocycles. The Morgan fingerprint density at radius 1 is 1.15 bits per heavy atom. The first kappa shape index (κ1) is 14.8. The van der Waals surface area contributed by atoms with Crippen LogP contribution in [0.1, 0.15) is 18.1 Å². The van der Waals surface area contributed by atoms with Crippen molar-refractivity contribution in [1.82, 2.24) is 9.97 Å². The van der Waals surface area contributed by atoms with E-state index in [-0.39, 0.29) is 0 Å². The van der Waals surface area contributed by atoms with Gasteiger partial charge in [-0.15, -0.1) is 0 Å². The first-order chi connectivity index (χ1) is 9.70. The lowest BCUT2D eigenvalue weighted by Crippen LogP contribution is -2.09. The van der Waals surface area contributed by atoms with Crippen LogP contribution in [0.15, 0.2) is 35.1 Å². The molecular formula is C15H19BrN4. The Balaban J connectivity index is 1.96. The SMILES string of the molecule is CCNc1ncnc(NCCc2cccc(C)c2)c1Br. The monoisotopic (exact) mass is 334 g/mol. The Labute approximate surface area is 128 Å². The molecule has 0 spiro atoms. The van der Waals surface area contributed by atoms with E-state index < -0.39 is 0 Å². The van der Waals surface area contributed by atoms with E-state index in [9.17, 15) is 0 Å². The molecule has 0 saturated heterocycles. The minimum absolute atomic E-state index is 0.820. The van der Waals surface area contributed by atoms with Crippen LogP contribution in [-0.4, -0.2) is 23.1 Å². The lowest BCUT2D eigenvalue weighted by Gasteiger charge is -2.11. The lowest BCUT2D eigenvalue weighted by molar-refractivity contribution is 0.991. The highest BCUT2D eigenvalue weighted by molar-refractivity contribution is 9.10. The fraction of sp³-hybridized carbons (Fsp3) is 0.333. The molecular weight excluding hydrogens is 316 g/mol. The summed E-state index contributed by atoms with van der Waals surface area (Å²) in [6, 6.07) is 8.56. The first-order valence-corrected chi connectivity index (χ1v) is 7.53. The Morgan fingerprint density at radius 3 is 2.60 bits per heavy atom. The predicted molar refractivity (Wildman–Crippen MR) is 87.3 cm³/mol. The second kappa shape index (κ2) is 7.24. The van der Waals surface area contributed by atoms with Gasteiger partial charge in [-0.1, -0.05) is 29.8 Å². The molecule has 0 radical (unpaired) electrons. The molecule has 0 bridgehead atoms. The van der Waals surface area contributed by atoms with Crippen molar-refractivity contribution in [1.29, 1.82) is 0 Å². The van der Waals surface area contributed by atoms with E-state index in [1.54, 1.807) is 6.33 Å². The topological polar surface area (TPSA) is 49.8 Å². The third-order valence-corrected chi connectivity index (χ3v) is 3.67. The van der Waals surface area contributed by atoms with Gasteiger partial charge in [-0.25, -0.2) is 9.97 Å². The number of nitrogens with one attached hydrogen (secondary N) is 2. The van der Waals surface area contributed by atoms with Gasteiger partial charge in [0.2, 0.25) is 0 Å². The molecule has 1 heterocycles. The highest BCUT2D eigenvalue weighted by Crippen LogP contribution is 2.26. The Kier molecular flexibility index (Phi) is 5.35. The molecule has 1 aromatic carbocycles. The number of hydrogen-bond acceptors (Lipinski definition) is 4. The van der Waals surface area contributed by atoms with Crippen molar-refractivity contribution in [2.24, 2.45) is 0 Å². The van der Waals surface area contributed by atoms with Crippen LogP contribution in [0.25, 0.3) is 0 Å². The molecule has 2 aromatic rings. The number of halogens is 1. The van der Waals surface area contributed by atoms with Gasteiger partial charge >= 0.3 is 0 Å². The second-order valence-electron chi connectivity index (χ2n) is 4.58. The van der Waals surface area contributed by atoms with Gasteiger partial charge in [0.05, 0.1) is 0 Å². The Hall–Kier alpha value is -1.62. The van der Waals surface area contributed by atoms with Crippen molar-refractivity contribution in [2.75, 3.05) is 23.7 Å². The number of aryl methyl sites for hydroxylation is 1. The summed E-state index contributed by atoms with van der Waals surface area (Å²) in [7, 11) is 0. The molecule has 0 aliphatic heterocycles. The number of hydrogen-bond donors (Lipinski definition) is 2. The standard InChI is InChI=1S/C15H19BrN4/c1-3-17-14-13(16)15(20-10-19-14)18-8-7-12-6-4-5-11(2)9-12/h4-6,9-10H,3,7-8H2,1-2H3,(H2,17,18,19,20). The largest absolute Gasteiger partial charge is 0.369 e. The maximum atomic E-state index is 4.26. The summed E-state index contributed by atoms with van der Waals surface area (Å²) in [6.07, 6.45) is 2.53. The highest BCUT2D eigenvalue weighted by Gasteiger charge is 2.07. The van der Waals surface area contributed by atoms with Crippen LogP contribution in [0.5, 0.6) is 0 Å². The van der Waals surface area contributed by atoms with Crippen LogP contribution in [0.2, 0.25) is 0 Å². The molecule has 4 nitrogen and oxygen atoms in total. The number of benzene rings is 1. The zero-order valence-corrected chi connectivity index (χ0v) is 13.4. The van der Waals surface area contributed by atoms with Gasteiger partial charge < -0.3 is 10.6 Å². The number of rotatable bonds is 6. The zero-order chi connectivity index (χ0) is 14.4.